The number of aromatic nitrogens is 4. The quantitative estimate of drug-likeness (QED) is 0.786. The SMILES string of the molecule is Cc1cc(C)n(CCCNC(=O)c2ccn(C3CCCNC3)n2)n1. The maximum atomic E-state index is 12.2. The maximum Gasteiger partial charge on any atom is 0.271 e. The molecule has 0 radical (unpaired) electrons. The van der Waals surface area contributed by atoms with Gasteiger partial charge in [0, 0.05) is 31.5 Å². The summed E-state index contributed by atoms with van der Waals surface area (Å²) < 4.78 is 3.89. The highest BCUT2D eigenvalue weighted by atomic mass is 16.1. The minimum atomic E-state index is -0.106. The topological polar surface area (TPSA) is 76.8 Å². The third-order valence-corrected chi connectivity index (χ3v) is 4.42. The van der Waals surface area contributed by atoms with E-state index < -0.39 is 0 Å². The summed E-state index contributed by atoms with van der Waals surface area (Å²) in [5.41, 5.74) is 2.67. The predicted octanol–water partition coefficient (Wildman–Crippen LogP) is 1.44. The van der Waals surface area contributed by atoms with E-state index in [4.69, 9.17) is 0 Å². The molecule has 7 heteroatoms. The van der Waals surface area contributed by atoms with Gasteiger partial charge in [-0.25, -0.2) is 0 Å². The number of carbonyl (C=O) groups is 1. The number of rotatable bonds is 6. The molecule has 1 unspecified atom stereocenters. The maximum absolute atomic E-state index is 12.2. The van der Waals surface area contributed by atoms with Crippen LogP contribution < -0.4 is 10.6 Å². The number of nitrogens with one attached hydrogen (secondary N) is 2. The molecule has 3 rings (SSSR count). The van der Waals surface area contributed by atoms with Crippen molar-refractivity contribution >= 4 is 5.91 Å². The highest BCUT2D eigenvalue weighted by Crippen LogP contribution is 2.15. The third-order valence-electron chi connectivity index (χ3n) is 4.42. The zero-order valence-electron chi connectivity index (χ0n) is 14.5. The number of amides is 1. The lowest BCUT2D eigenvalue weighted by Gasteiger charge is -2.22. The number of hydrogen-bond acceptors (Lipinski definition) is 4. The van der Waals surface area contributed by atoms with Crippen molar-refractivity contribution < 1.29 is 4.79 Å². The van der Waals surface area contributed by atoms with E-state index in [2.05, 4.69) is 26.9 Å². The van der Waals surface area contributed by atoms with Gasteiger partial charge in [0.1, 0.15) is 5.69 Å². The lowest BCUT2D eigenvalue weighted by molar-refractivity contribution is 0.0946. The van der Waals surface area contributed by atoms with Crippen LogP contribution in [0.25, 0.3) is 0 Å². The molecule has 1 saturated heterocycles. The number of piperidine rings is 1. The summed E-state index contributed by atoms with van der Waals surface area (Å²) in [6.07, 6.45) is 5.01. The predicted molar refractivity (Wildman–Crippen MR) is 92.0 cm³/mol. The second kappa shape index (κ2) is 7.61. The summed E-state index contributed by atoms with van der Waals surface area (Å²) in [4.78, 5) is 12.2. The molecule has 1 fully saturated rings. The first kappa shape index (κ1) is 16.7. The summed E-state index contributed by atoms with van der Waals surface area (Å²) in [5, 5.41) is 15.2. The monoisotopic (exact) mass is 330 g/mol. The first-order valence-corrected chi connectivity index (χ1v) is 8.68. The second-order valence-corrected chi connectivity index (χ2v) is 6.44. The molecule has 1 atom stereocenters. The van der Waals surface area contributed by atoms with Crippen LogP contribution in [0.4, 0.5) is 0 Å². The second-order valence-electron chi connectivity index (χ2n) is 6.44. The molecule has 1 aliphatic heterocycles. The number of nitrogens with zero attached hydrogens (tertiary/aromatic N) is 4. The van der Waals surface area contributed by atoms with E-state index >= 15 is 0 Å². The van der Waals surface area contributed by atoms with Crippen molar-refractivity contribution in [3.63, 3.8) is 0 Å². The van der Waals surface area contributed by atoms with Crippen LogP contribution in [0.5, 0.6) is 0 Å². The van der Waals surface area contributed by atoms with Gasteiger partial charge in [0.2, 0.25) is 0 Å². The fourth-order valence-electron chi connectivity index (χ4n) is 3.14. The molecule has 7 nitrogen and oxygen atoms in total. The van der Waals surface area contributed by atoms with Gasteiger partial charge in [-0.3, -0.25) is 14.2 Å². The highest BCUT2D eigenvalue weighted by molar-refractivity contribution is 5.92. The zero-order chi connectivity index (χ0) is 16.9. The van der Waals surface area contributed by atoms with Gasteiger partial charge < -0.3 is 10.6 Å². The van der Waals surface area contributed by atoms with Gasteiger partial charge in [-0.1, -0.05) is 0 Å². The highest BCUT2D eigenvalue weighted by Gasteiger charge is 2.17. The summed E-state index contributed by atoms with van der Waals surface area (Å²) >= 11 is 0. The van der Waals surface area contributed by atoms with Gasteiger partial charge >= 0.3 is 0 Å². The molecule has 0 spiro atoms. The molecule has 2 N–H and O–H groups in total. The number of hydrogen-bond donors (Lipinski definition) is 2. The van der Waals surface area contributed by atoms with E-state index in [1.165, 1.54) is 0 Å². The van der Waals surface area contributed by atoms with E-state index in [-0.39, 0.29) is 5.91 Å². The van der Waals surface area contributed by atoms with Crippen LogP contribution in [-0.2, 0) is 6.54 Å². The molecule has 3 heterocycles. The molecule has 130 valence electrons. The molecule has 0 aliphatic carbocycles. The van der Waals surface area contributed by atoms with Gasteiger partial charge in [-0.05, 0) is 51.8 Å². The van der Waals surface area contributed by atoms with Gasteiger partial charge in [0.15, 0.2) is 0 Å². The van der Waals surface area contributed by atoms with E-state index in [0.717, 1.165) is 50.3 Å². The Kier molecular flexibility index (Phi) is 5.30. The van der Waals surface area contributed by atoms with Crippen LogP contribution in [0.3, 0.4) is 0 Å². The largest absolute Gasteiger partial charge is 0.351 e. The van der Waals surface area contributed by atoms with E-state index in [9.17, 15) is 4.79 Å². The minimum Gasteiger partial charge on any atom is -0.351 e. The Morgan fingerprint density at radius 1 is 1.42 bits per heavy atom. The van der Waals surface area contributed by atoms with Crippen LogP contribution in [-0.4, -0.2) is 45.1 Å². The van der Waals surface area contributed by atoms with Crippen molar-refractivity contribution in [2.75, 3.05) is 19.6 Å². The third kappa shape index (κ3) is 4.03. The molecule has 24 heavy (non-hydrogen) atoms. The average molecular weight is 330 g/mol. The summed E-state index contributed by atoms with van der Waals surface area (Å²) in [6, 6.07) is 4.21. The van der Waals surface area contributed by atoms with Gasteiger partial charge in [0.25, 0.3) is 5.91 Å². The van der Waals surface area contributed by atoms with E-state index in [1.54, 1.807) is 6.07 Å². The van der Waals surface area contributed by atoms with Crippen molar-refractivity contribution in [2.24, 2.45) is 0 Å². The molecular weight excluding hydrogens is 304 g/mol. The van der Waals surface area contributed by atoms with Crippen LogP contribution in [0, 0.1) is 13.8 Å². The van der Waals surface area contributed by atoms with Crippen molar-refractivity contribution in [1.82, 2.24) is 30.2 Å². The van der Waals surface area contributed by atoms with Crippen LogP contribution in [0.1, 0.15) is 47.2 Å². The molecule has 2 aromatic rings. The van der Waals surface area contributed by atoms with Crippen LogP contribution in [0.2, 0.25) is 0 Å². The smallest absolute Gasteiger partial charge is 0.271 e. The molecular formula is C17H26N6O. The van der Waals surface area contributed by atoms with Crippen molar-refractivity contribution in [3.05, 3.63) is 35.4 Å². The van der Waals surface area contributed by atoms with Crippen LogP contribution >= 0.6 is 0 Å². The molecule has 1 amide bonds. The number of carbonyl (C=O) groups excluding carboxylic acids is 1. The zero-order valence-corrected chi connectivity index (χ0v) is 14.5. The lowest BCUT2D eigenvalue weighted by Crippen LogP contribution is -2.32. The summed E-state index contributed by atoms with van der Waals surface area (Å²) in [7, 11) is 0. The fourth-order valence-corrected chi connectivity index (χ4v) is 3.14. The first-order valence-electron chi connectivity index (χ1n) is 8.68. The minimum absolute atomic E-state index is 0.106. The van der Waals surface area contributed by atoms with Gasteiger partial charge in [-0.2, -0.15) is 10.2 Å². The van der Waals surface area contributed by atoms with E-state index in [0.29, 0.717) is 18.3 Å². The fraction of sp³-hybridized carbons (Fsp3) is 0.588. The summed E-state index contributed by atoms with van der Waals surface area (Å²) in [6.45, 7) is 7.46. The summed E-state index contributed by atoms with van der Waals surface area (Å²) in [5.74, 6) is -0.106. The number of aryl methyl sites for hydroxylation is 3. The lowest BCUT2D eigenvalue weighted by atomic mass is 10.1. The molecule has 0 saturated carbocycles. The molecule has 0 bridgehead atoms. The van der Waals surface area contributed by atoms with Crippen molar-refractivity contribution in [2.45, 2.75) is 45.7 Å². The Labute approximate surface area is 142 Å². The Balaban J connectivity index is 1.45. The van der Waals surface area contributed by atoms with Crippen LogP contribution in [0.15, 0.2) is 18.3 Å². The van der Waals surface area contributed by atoms with E-state index in [1.807, 2.05) is 29.4 Å². The Bertz CT molecular complexity index is 683. The Morgan fingerprint density at radius 3 is 3.00 bits per heavy atom. The molecule has 2 aromatic heterocycles. The first-order chi connectivity index (χ1) is 11.6. The normalized spacial score (nSPS) is 17.8. The van der Waals surface area contributed by atoms with Crippen molar-refractivity contribution in [1.29, 1.82) is 0 Å². The van der Waals surface area contributed by atoms with Crippen molar-refractivity contribution in [3.8, 4) is 0 Å². The van der Waals surface area contributed by atoms with Gasteiger partial charge in [0.05, 0.1) is 11.7 Å². The molecule has 0 aromatic carbocycles. The molecule has 1 aliphatic rings. The Hall–Kier alpha value is -2.15. The Morgan fingerprint density at radius 2 is 2.29 bits per heavy atom. The standard InChI is InChI=1S/C17H26N6O/c1-13-11-14(2)22(20-13)9-4-8-19-17(24)16-6-10-23(21-16)15-5-3-7-18-12-15/h6,10-11,15,18H,3-5,7-9,12H2,1-2H3,(H,19,24). The average Bonchev–Trinajstić information content (AvgIpc) is 3.19. The van der Waals surface area contributed by atoms with Gasteiger partial charge in [-0.15, -0.1) is 0 Å².